The van der Waals surface area contributed by atoms with Crippen molar-refractivity contribution in [1.29, 1.82) is 0 Å². The van der Waals surface area contributed by atoms with Gasteiger partial charge in [0.25, 0.3) is 0 Å². The lowest BCUT2D eigenvalue weighted by molar-refractivity contribution is 0.0696. The Morgan fingerprint density at radius 1 is 0.923 bits per heavy atom. The largest absolute Gasteiger partial charge is 0.478 e. The molecular formula is C17H14N6O3. The second-order valence-electron chi connectivity index (χ2n) is 5.42. The zero-order valence-electron chi connectivity index (χ0n) is 13.7. The number of Topliss-reactive ketones (excluding diaryl/α,β-unsaturated/α-hetero) is 1. The van der Waals surface area contributed by atoms with Crippen molar-refractivity contribution in [2.75, 3.05) is 11.5 Å². The maximum atomic E-state index is 11.4. The standard InChI is InChI=1S/C17H14N6O3/c1-8(24)13-15(18)23-14(16(19)22-13)9-2-4-11(20-6-9)12-5-3-10(7-21-12)17(25)26/h2-7H,1H3,(H2,18,23)(H2,19,22)(H,25,26). The molecule has 0 aliphatic rings. The van der Waals surface area contributed by atoms with Crippen molar-refractivity contribution in [2.45, 2.75) is 6.92 Å². The average Bonchev–Trinajstić information content (AvgIpc) is 2.63. The van der Waals surface area contributed by atoms with Gasteiger partial charge in [-0.3, -0.25) is 14.8 Å². The van der Waals surface area contributed by atoms with Gasteiger partial charge in [0.1, 0.15) is 5.69 Å². The predicted molar refractivity (Wildman–Crippen MR) is 94.3 cm³/mol. The Kier molecular flexibility index (Phi) is 4.27. The first-order valence-corrected chi connectivity index (χ1v) is 7.47. The molecule has 0 amide bonds. The van der Waals surface area contributed by atoms with E-state index in [2.05, 4.69) is 19.9 Å². The van der Waals surface area contributed by atoms with Gasteiger partial charge in [0.15, 0.2) is 23.1 Å². The second-order valence-corrected chi connectivity index (χ2v) is 5.42. The van der Waals surface area contributed by atoms with Crippen molar-refractivity contribution < 1.29 is 14.7 Å². The number of carboxylic acids is 1. The molecule has 3 rings (SSSR count). The Morgan fingerprint density at radius 2 is 1.58 bits per heavy atom. The quantitative estimate of drug-likeness (QED) is 0.595. The number of nitrogen functional groups attached to an aromatic ring is 2. The molecule has 0 bridgehead atoms. The van der Waals surface area contributed by atoms with Crippen LogP contribution in [0.4, 0.5) is 11.6 Å². The van der Waals surface area contributed by atoms with Gasteiger partial charge in [0, 0.05) is 24.9 Å². The van der Waals surface area contributed by atoms with Gasteiger partial charge in [0.05, 0.1) is 17.0 Å². The molecule has 0 aliphatic carbocycles. The minimum Gasteiger partial charge on any atom is -0.478 e. The van der Waals surface area contributed by atoms with Crippen LogP contribution in [0.1, 0.15) is 27.8 Å². The van der Waals surface area contributed by atoms with E-state index in [4.69, 9.17) is 16.6 Å². The molecule has 3 aromatic rings. The highest BCUT2D eigenvalue weighted by Crippen LogP contribution is 2.26. The fourth-order valence-electron chi connectivity index (χ4n) is 2.29. The van der Waals surface area contributed by atoms with E-state index >= 15 is 0 Å². The molecule has 9 nitrogen and oxygen atoms in total. The van der Waals surface area contributed by atoms with Crippen molar-refractivity contribution in [3.05, 3.63) is 47.9 Å². The molecule has 0 aliphatic heterocycles. The van der Waals surface area contributed by atoms with E-state index in [1.54, 1.807) is 18.2 Å². The van der Waals surface area contributed by atoms with E-state index in [1.807, 2.05) is 0 Å². The van der Waals surface area contributed by atoms with Gasteiger partial charge in [-0.1, -0.05) is 0 Å². The molecule has 0 unspecified atom stereocenters. The molecule has 9 heteroatoms. The third kappa shape index (κ3) is 3.18. The highest BCUT2D eigenvalue weighted by atomic mass is 16.4. The van der Waals surface area contributed by atoms with Gasteiger partial charge < -0.3 is 16.6 Å². The molecule has 0 aromatic carbocycles. The summed E-state index contributed by atoms with van der Waals surface area (Å²) in [6.07, 6.45) is 2.78. The summed E-state index contributed by atoms with van der Waals surface area (Å²) in [7, 11) is 0. The van der Waals surface area contributed by atoms with E-state index < -0.39 is 5.97 Å². The minimum absolute atomic E-state index is 0.00305. The number of carbonyl (C=O) groups excluding carboxylic acids is 1. The zero-order valence-corrected chi connectivity index (χ0v) is 13.7. The number of nitrogens with zero attached hydrogens (tertiary/aromatic N) is 4. The van der Waals surface area contributed by atoms with Crippen LogP contribution in [0.15, 0.2) is 36.7 Å². The number of nitrogens with two attached hydrogens (primary N) is 2. The van der Waals surface area contributed by atoms with Crippen LogP contribution in [-0.2, 0) is 0 Å². The Bertz CT molecular complexity index is 1000. The average molecular weight is 350 g/mol. The van der Waals surface area contributed by atoms with Gasteiger partial charge in [-0.05, 0) is 24.3 Å². The predicted octanol–water partition coefficient (Wildman–Crippen LogP) is 1.67. The van der Waals surface area contributed by atoms with Crippen molar-refractivity contribution in [1.82, 2.24) is 19.9 Å². The number of rotatable bonds is 4. The summed E-state index contributed by atoms with van der Waals surface area (Å²) >= 11 is 0. The van der Waals surface area contributed by atoms with Gasteiger partial charge in [-0.2, -0.15) is 0 Å². The molecule has 0 radical (unpaired) electrons. The van der Waals surface area contributed by atoms with E-state index in [9.17, 15) is 9.59 Å². The van der Waals surface area contributed by atoms with E-state index in [0.29, 0.717) is 22.6 Å². The highest BCUT2D eigenvalue weighted by Gasteiger charge is 2.15. The number of ketones is 1. The Labute approximate surface area is 147 Å². The van der Waals surface area contributed by atoms with E-state index in [-0.39, 0.29) is 28.7 Å². The number of pyridine rings is 2. The minimum atomic E-state index is -1.05. The molecule has 0 atom stereocenters. The SMILES string of the molecule is CC(=O)c1nc(N)c(-c2ccc(-c3ccc(C(=O)O)cn3)nc2)nc1N. The number of carboxylic acid groups (broad SMARTS) is 1. The third-order valence-corrected chi connectivity index (χ3v) is 3.59. The Balaban J connectivity index is 1.94. The molecule has 0 spiro atoms. The van der Waals surface area contributed by atoms with Crippen LogP contribution in [0.3, 0.4) is 0 Å². The number of anilines is 2. The first-order chi connectivity index (χ1) is 12.4. The summed E-state index contributed by atoms with van der Waals surface area (Å²) in [5, 5.41) is 8.90. The van der Waals surface area contributed by atoms with Gasteiger partial charge in [-0.15, -0.1) is 0 Å². The smallest absolute Gasteiger partial charge is 0.337 e. The normalized spacial score (nSPS) is 10.5. The van der Waals surface area contributed by atoms with Gasteiger partial charge >= 0.3 is 5.97 Å². The molecule has 26 heavy (non-hydrogen) atoms. The molecule has 5 N–H and O–H groups in total. The second kappa shape index (κ2) is 6.55. The number of carbonyl (C=O) groups is 2. The van der Waals surface area contributed by atoms with Gasteiger partial charge in [0.2, 0.25) is 0 Å². The summed E-state index contributed by atoms with van der Waals surface area (Å²) in [6, 6.07) is 6.42. The molecule has 0 saturated carbocycles. The molecule has 3 heterocycles. The molecule has 0 saturated heterocycles. The van der Waals surface area contributed by atoms with Crippen LogP contribution in [0.2, 0.25) is 0 Å². The number of aromatic nitrogens is 4. The van der Waals surface area contributed by atoms with Gasteiger partial charge in [-0.25, -0.2) is 14.8 Å². The molecule has 130 valence electrons. The van der Waals surface area contributed by atoms with E-state index in [1.165, 1.54) is 25.4 Å². The third-order valence-electron chi connectivity index (χ3n) is 3.59. The van der Waals surface area contributed by atoms with Crippen molar-refractivity contribution in [3.8, 4) is 22.6 Å². The van der Waals surface area contributed by atoms with Crippen LogP contribution < -0.4 is 11.5 Å². The summed E-state index contributed by atoms with van der Waals surface area (Å²) in [5.41, 5.74) is 13.7. The molecular weight excluding hydrogens is 336 g/mol. The van der Waals surface area contributed by atoms with Crippen LogP contribution in [-0.4, -0.2) is 36.8 Å². The van der Waals surface area contributed by atoms with Crippen LogP contribution in [0.25, 0.3) is 22.6 Å². The van der Waals surface area contributed by atoms with Crippen molar-refractivity contribution in [2.24, 2.45) is 0 Å². The summed E-state index contributed by atoms with van der Waals surface area (Å²) in [6.45, 7) is 1.33. The summed E-state index contributed by atoms with van der Waals surface area (Å²) < 4.78 is 0. The first-order valence-electron chi connectivity index (χ1n) is 7.47. The molecule has 0 fully saturated rings. The summed E-state index contributed by atoms with van der Waals surface area (Å²) in [4.78, 5) is 38.8. The maximum absolute atomic E-state index is 11.4. The van der Waals surface area contributed by atoms with Crippen LogP contribution >= 0.6 is 0 Å². The van der Waals surface area contributed by atoms with Crippen LogP contribution in [0.5, 0.6) is 0 Å². The first kappa shape index (κ1) is 17.0. The Morgan fingerprint density at radius 3 is 2.08 bits per heavy atom. The van der Waals surface area contributed by atoms with Crippen molar-refractivity contribution >= 4 is 23.4 Å². The monoisotopic (exact) mass is 350 g/mol. The fraction of sp³-hybridized carbons (Fsp3) is 0.0588. The van der Waals surface area contributed by atoms with Crippen LogP contribution in [0, 0.1) is 0 Å². The lowest BCUT2D eigenvalue weighted by Gasteiger charge is -2.08. The van der Waals surface area contributed by atoms with Crippen molar-refractivity contribution in [3.63, 3.8) is 0 Å². The topological polar surface area (TPSA) is 158 Å². The summed E-state index contributed by atoms with van der Waals surface area (Å²) in [5.74, 6) is -1.30. The Hall–Kier alpha value is -3.88. The molecule has 3 aromatic heterocycles. The number of aromatic carboxylic acids is 1. The highest BCUT2D eigenvalue weighted by molar-refractivity contribution is 5.97. The number of hydrogen-bond acceptors (Lipinski definition) is 8. The lowest BCUT2D eigenvalue weighted by Crippen LogP contribution is -2.10. The lowest BCUT2D eigenvalue weighted by atomic mass is 10.1. The van der Waals surface area contributed by atoms with E-state index in [0.717, 1.165) is 0 Å². The number of hydrogen-bond donors (Lipinski definition) is 3. The zero-order chi connectivity index (χ0) is 18.8. The fourth-order valence-corrected chi connectivity index (χ4v) is 2.29. The maximum Gasteiger partial charge on any atom is 0.337 e.